The fraction of sp³-hybridized carbons (Fsp3) is 0.300. The minimum atomic E-state index is -0.590. The van der Waals surface area contributed by atoms with Gasteiger partial charge >= 0.3 is 0 Å². The summed E-state index contributed by atoms with van der Waals surface area (Å²) in [5.41, 5.74) is 1.99. The first kappa shape index (κ1) is 12.7. The molecule has 1 aromatic rings. The van der Waals surface area contributed by atoms with Crippen molar-refractivity contribution in [1.29, 1.82) is 0 Å². The Morgan fingerprint density at radius 1 is 1.56 bits per heavy atom. The maximum absolute atomic E-state index is 13.3. The summed E-state index contributed by atoms with van der Waals surface area (Å²) in [7, 11) is 0. The van der Waals surface area contributed by atoms with Gasteiger partial charge in [-0.2, -0.15) is 0 Å². The molecule has 16 heavy (non-hydrogen) atoms. The summed E-state index contributed by atoms with van der Waals surface area (Å²) in [4.78, 5) is 10.8. The van der Waals surface area contributed by atoms with Crippen molar-refractivity contribution in [3.8, 4) is 5.75 Å². The number of halogens is 2. The number of rotatable bonds is 5. The number of carbonyl (C=O) groups is 1. The van der Waals surface area contributed by atoms with Crippen molar-refractivity contribution in [3.63, 3.8) is 0 Å². The molecule has 0 aromatic heterocycles. The number of ether oxygens (including phenoxy) is 1. The third-order valence-electron chi connectivity index (χ3n) is 1.88. The molecule has 1 aromatic carbocycles. The molecule has 0 bridgehead atoms. The number of benzene rings is 1. The summed E-state index contributed by atoms with van der Waals surface area (Å²) in [5, 5.41) is 0.0113. The maximum atomic E-state index is 13.3. The van der Waals surface area contributed by atoms with E-state index in [0.717, 1.165) is 0 Å². The predicted molar refractivity (Wildman–Crippen MR) is 58.5 cm³/mol. The summed E-state index contributed by atoms with van der Waals surface area (Å²) in [5.74, 6) is 4.10. The third-order valence-corrected chi connectivity index (χ3v) is 2.17. The molecule has 0 saturated carbocycles. The third kappa shape index (κ3) is 3.67. The average molecular weight is 247 g/mol. The molecule has 0 atom stereocenters. The minimum absolute atomic E-state index is 0.0113. The van der Waals surface area contributed by atoms with Crippen molar-refractivity contribution < 1.29 is 13.9 Å². The van der Waals surface area contributed by atoms with E-state index in [0.29, 0.717) is 6.42 Å². The summed E-state index contributed by atoms with van der Waals surface area (Å²) in [6.45, 7) is 0.227. The summed E-state index contributed by atoms with van der Waals surface area (Å²) in [6.07, 6.45) is 0.688. The lowest BCUT2D eigenvalue weighted by molar-refractivity contribution is -0.121. The number of hydrazine groups is 1. The van der Waals surface area contributed by atoms with Crippen LogP contribution in [0.5, 0.6) is 5.75 Å². The van der Waals surface area contributed by atoms with E-state index in [-0.39, 0.29) is 29.7 Å². The van der Waals surface area contributed by atoms with E-state index in [9.17, 15) is 9.18 Å². The second kappa shape index (κ2) is 6.30. The Labute approximate surface area is 97.5 Å². The predicted octanol–water partition coefficient (Wildman–Crippen LogP) is 1.63. The highest BCUT2D eigenvalue weighted by Gasteiger charge is 2.07. The molecule has 0 aliphatic carbocycles. The Hall–Kier alpha value is -1.33. The molecule has 0 heterocycles. The highest BCUT2D eigenvalue weighted by Crippen LogP contribution is 2.24. The SMILES string of the molecule is NNC(=O)CCCOc1cccc(Cl)c1F. The molecule has 0 radical (unpaired) electrons. The molecule has 0 unspecified atom stereocenters. The number of hydrogen-bond donors (Lipinski definition) is 2. The van der Waals surface area contributed by atoms with E-state index in [1.165, 1.54) is 12.1 Å². The lowest BCUT2D eigenvalue weighted by Gasteiger charge is -2.07. The van der Waals surface area contributed by atoms with E-state index < -0.39 is 5.82 Å². The van der Waals surface area contributed by atoms with Crippen LogP contribution < -0.4 is 16.0 Å². The summed E-state index contributed by atoms with van der Waals surface area (Å²) in [6, 6.07) is 4.50. The Kier molecular flexibility index (Phi) is 5.01. The fourth-order valence-corrected chi connectivity index (χ4v) is 1.25. The number of hydrogen-bond acceptors (Lipinski definition) is 3. The molecular weight excluding hydrogens is 235 g/mol. The lowest BCUT2D eigenvalue weighted by Crippen LogP contribution is -2.29. The lowest BCUT2D eigenvalue weighted by atomic mass is 10.3. The van der Waals surface area contributed by atoms with Crippen molar-refractivity contribution in [2.24, 2.45) is 5.84 Å². The van der Waals surface area contributed by atoms with Crippen molar-refractivity contribution in [1.82, 2.24) is 5.43 Å². The second-order valence-corrected chi connectivity index (χ2v) is 3.48. The molecule has 3 N–H and O–H groups in total. The number of nitrogens with two attached hydrogens (primary N) is 1. The molecule has 0 fully saturated rings. The summed E-state index contributed by atoms with van der Waals surface area (Å²) < 4.78 is 18.4. The first-order chi connectivity index (χ1) is 7.65. The Bertz CT molecular complexity index is 374. The van der Waals surface area contributed by atoms with Gasteiger partial charge in [0.15, 0.2) is 11.6 Å². The van der Waals surface area contributed by atoms with Gasteiger partial charge < -0.3 is 4.74 Å². The maximum Gasteiger partial charge on any atom is 0.234 e. The molecule has 0 spiro atoms. The highest BCUT2D eigenvalue weighted by atomic mass is 35.5. The van der Waals surface area contributed by atoms with Crippen molar-refractivity contribution >= 4 is 17.5 Å². The van der Waals surface area contributed by atoms with Crippen LogP contribution in [-0.4, -0.2) is 12.5 Å². The molecule has 0 saturated heterocycles. The van der Waals surface area contributed by atoms with Crippen LogP contribution in [0.2, 0.25) is 5.02 Å². The van der Waals surface area contributed by atoms with E-state index in [1.54, 1.807) is 6.07 Å². The van der Waals surface area contributed by atoms with Gasteiger partial charge in [0.2, 0.25) is 5.91 Å². The second-order valence-electron chi connectivity index (χ2n) is 3.07. The average Bonchev–Trinajstić information content (AvgIpc) is 2.29. The van der Waals surface area contributed by atoms with Crippen LogP contribution in [0.4, 0.5) is 4.39 Å². The van der Waals surface area contributed by atoms with E-state index in [1.807, 2.05) is 5.43 Å². The highest BCUT2D eigenvalue weighted by molar-refractivity contribution is 6.30. The molecule has 0 aliphatic heterocycles. The molecule has 88 valence electrons. The summed E-state index contributed by atoms with van der Waals surface area (Å²) >= 11 is 5.56. The smallest absolute Gasteiger partial charge is 0.234 e. The van der Waals surface area contributed by atoms with Gasteiger partial charge in [-0.25, -0.2) is 10.2 Å². The quantitative estimate of drug-likeness (QED) is 0.359. The van der Waals surface area contributed by atoms with E-state index in [2.05, 4.69) is 0 Å². The van der Waals surface area contributed by atoms with Gasteiger partial charge in [-0.05, 0) is 18.6 Å². The van der Waals surface area contributed by atoms with Crippen LogP contribution >= 0.6 is 11.6 Å². The van der Waals surface area contributed by atoms with Gasteiger partial charge in [0.1, 0.15) is 0 Å². The zero-order chi connectivity index (χ0) is 12.0. The van der Waals surface area contributed by atoms with Crippen LogP contribution in [0.25, 0.3) is 0 Å². The first-order valence-corrected chi connectivity index (χ1v) is 5.09. The van der Waals surface area contributed by atoms with Gasteiger partial charge in [-0.1, -0.05) is 17.7 Å². The minimum Gasteiger partial charge on any atom is -0.490 e. The van der Waals surface area contributed by atoms with Gasteiger partial charge in [-0.3, -0.25) is 10.2 Å². The molecular formula is C10H12ClFN2O2. The zero-order valence-electron chi connectivity index (χ0n) is 8.50. The van der Waals surface area contributed by atoms with Crippen molar-refractivity contribution in [2.45, 2.75) is 12.8 Å². The van der Waals surface area contributed by atoms with Gasteiger partial charge in [-0.15, -0.1) is 0 Å². The molecule has 1 rings (SSSR count). The molecule has 1 amide bonds. The number of carbonyl (C=O) groups excluding carboxylic acids is 1. The van der Waals surface area contributed by atoms with Crippen molar-refractivity contribution in [2.75, 3.05) is 6.61 Å². The van der Waals surface area contributed by atoms with Gasteiger partial charge in [0.25, 0.3) is 0 Å². The molecule has 6 heteroatoms. The van der Waals surface area contributed by atoms with Crippen LogP contribution in [0.15, 0.2) is 18.2 Å². The molecule has 4 nitrogen and oxygen atoms in total. The van der Waals surface area contributed by atoms with Crippen LogP contribution in [0, 0.1) is 5.82 Å². The van der Waals surface area contributed by atoms with Crippen LogP contribution in [0.1, 0.15) is 12.8 Å². The number of amides is 1. The van der Waals surface area contributed by atoms with Gasteiger partial charge in [0.05, 0.1) is 11.6 Å². The normalized spacial score (nSPS) is 9.94. The standard InChI is InChI=1S/C10H12ClFN2O2/c11-7-3-1-4-8(10(7)12)16-6-2-5-9(15)14-13/h1,3-4H,2,5-6,13H2,(H,14,15). The topological polar surface area (TPSA) is 64.3 Å². The monoisotopic (exact) mass is 246 g/mol. The Morgan fingerprint density at radius 2 is 2.31 bits per heavy atom. The Morgan fingerprint density at radius 3 is 3.00 bits per heavy atom. The zero-order valence-corrected chi connectivity index (χ0v) is 9.26. The molecule has 0 aliphatic rings. The van der Waals surface area contributed by atoms with Crippen LogP contribution in [0.3, 0.4) is 0 Å². The van der Waals surface area contributed by atoms with E-state index >= 15 is 0 Å². The van der Waals surface area contributed by atoms with Crippen LogP contribution in [-0.2, 0) is 4.79 Å². The number of nitrogens with one attached hydrogen (secondary N) is 1. The fourth-order valence-electron chi connectivity index (χ4n) is 1.08. The largest absolute Gasteiger partial charge is 0.490 e. The van der Waals surface area contributed by atoms with Gasteiger partial charge in [0, 0.05) is 6.42 Å². The van der Waals surface area contributed by atoms with Crippen molar-refractivity contribution in [3.05, 3.63) is 29.0 Å². The van der Waals surface area contributed by atoms with E-state index in [4.69, 9.17) is 22.2 Å². The Balaban J connectivity index is 2.38. The first-order valence-electron chi connectivity index (χ1n) is 4.71.